The summed E-state index contributed by atoms with van der Waals surface area (Å²) in [6, 6.07) is -0.174. The molecule has 1 atom stereocenters. The molecule has 0 aliphatic rings. The van der Waals surface area contributed by atoms with E-state index in [4.69, 9.17) is 0 Å². The second kappa shape index (κ2) is 8.05. The highest BCUT2D eigenvalue weighted by Crippen LogP contribution is 1.97. The molecule has 0 saturated heterocycles. The minimum atomic E-state index is -0.185. The molecule has 0 heterocycles. The molecular formula is C10H21NO2. The molecule has 0 saturated carbocycles. The number of ether oxygens (including phenoxy) is 1. The second-order valence-electron chi connectivity index (χ2n) is 3.26. The van der Waals surface area contributed by atoms with Crippen LogP contribution in [0.2, 0.25) is 0 Å². The van der Waals surface area contributed by atoms with E-state index in [1.54, 1.807) is 0 Å². The lowest BCUT2D eigenvalue weighted by Gasteiger charge is -2.10. The molecular weight excluding hydrogens is 166 g/mol. The predicted octanol–water partition coefficient (Wildman–Crippen LogP) is 1.72. The van der Waals surface area contributed by atoms with Gasteiger partial charge in [0.05, 0.1) is 7.11 Å². The van der Waals surface area contributed by atoms with Gasteiger partial charge in [-0.3, -0.25) is 4.79 Å². The molecule has 3 nitrogen and oxygen atoms in total. The minimum absolute atomic E-state index is 0.174. The van der Waals surface area contributed by atoms with Gasteiger partial charge in [-0.15, -0.1) is 0 Å². The minimum Gasteiger partial charge on any atom is -0.468 e. The summed E-state index contributed by atoms with van der Waals surface area (Å²) in [6.45, 7) is 4.91. The Morgan fingerprint density at radius 1 is 1.38 bits per heavy atom. The fourth-order valence-corrected chi connectivity index (χ4v) is 1.13. The number of carbonyl (C=O) groups is 1. The second-order valence-corrected chi connectivity index (χ2v) is 3.26. The van der Waals surface area contributed by atoms with Crippen LogP contribution in [0.4, 0.5) is 0 Å². The molecule has 0 amide bonds. The lowest BCUT2D eigenvalue weighted by atomic mass is 10.2. The number of esters is 1. The van der Waals surface area contributed by atoms with Gasteiger partial charge in [0.1, 0.15) is 6.04 Å². The summed E-state index contributed by atoms with van der Waals surface area (Å²) in [7, 11) is 1.41. The van der Waals surface area contributed by atoms with Crippen LogP contribution >= 0.6 is 0 Å². The number of hydrogen-bond donors (Lipinski definition) is 1. The van der Waals surface area contributed by atoms with E-state index in [0.717, 1.165) is 13.0 Å². The van der Waals surface area contributed by atoms with Gasteiger partial charge in [-0.1, -0.05) is 26.2 Å². The SMILES string of the molecule is CCCCCCN[C@H](C)C(=O)OC. The summed E-state index contributed by atoms with van der Waals surface area (Å²) in [5, 5.41) is 3.12. The summed E-state index contributed by atoms with van der Waals surface area (Å²) in [4.78, 5) is 10.9. The summed E-state index contributed by atoms with van der Waals surface area (Å²) >= 11 is 0. The molecule has 0 fully saturated rings. The van der Waals surface area contributed by atoms with Crippen LogP contribution < -0.4 is 5.32 Å². The zero-order chi connectivity index (χ0) is 10.1. The maximum absolute atomic E-state index is 10.9. The van der Waals surface area contributed by atoms with Crippen LogP contribution in [0.25, 0.3) is 0 Å². The third-order valence-electron chi connectivity index (χ3n) is 2.04. The maximum Gasteiger partial charge on any atom is 0.322 e. The molecule has 0 aromatic carbocycles. The Labute approximate surface area is 80.8 Å². The molecule has 1 N–H and O–H groups in total. The quantitative estimate of drug-likeness (QED) is 0.487. The van der Waals surface area contributed by atoms with Crippen molar-refractivity contribution in [2.45, 2.75) is 45.6 Å². The number of unbranched alkanes of at least 4 members (excludes halogenated alkanes) is 3. The molecule has 0 aromatic heterocycles. The lowest BCUT2D eigenvalue weighted by molar-refractivity contribution is -0.142. The molecule has 0 rings (SSSR count). The van der Waals surface area contributed by atoms with Crippen molar-refractivity contribution >= 4 is 5.97 Å². The largest absolute Gasteiger partial charge is 0.468 e. The highest BCUT2D eigenvalue weighted by atomic mass is 16.5. The normalized spacial score (nSPS) is 12.5. The van der Waals surface area contributed by atoms with Gasteiger partial charge in [0.2, 0.25) is 0 Å². The van der Waals surface area contributed by atoms with E-state index in [9.17, 15) is 4.79 Å². The number of nitrogens with one attached hydrogen (secondary N) is 1. The van der Waals surface area contributed by atoms with Gasteiger partial charge < -0.3 is 10.1 Å². The van der Waals surface area contributed by atoms with Crippen molar-refractivity contribution in [3.05, 3.63) is 0 Å². The molecule has 0 aliphatic carbocycles. The Kier molecular flexibility index (Phi) is 7.69. The fraction of sp³-hybridized carbons (Fsp3) is 0.900. The van der Waals surface area contributed by atoms with Crippen molar-refractivity contribution in [1.82, 2.24) is 5.32 Å². The zero-order valence-electron chi connectivity index (χ0n) is 8.93. The van der Waals surface area contributed by atoms with Crippen LogP contribution in [0.5, 0.6) is 0 Å². The van der Waals surface area contributed by atoms with Crippen molar-refractivity contribution in [2.24, 2.45) is 0 Å². The van der Waals surface area contributed by atoms with E-state index < -0.39 is 0 Å². The Balaban J connectivity index is 3.26. The van der Waals surface area contributed by atoms with E-state index in [2.05, 4.69) is 17.0 Å². The smallest absolute Gasteiger partial charge is 0.322 e. The summed E-state index contributed by atoms with van der Waals surface area (Å²) in [5.74, 6) is -0.185. The molecule has 0 unspecified atom stereocenters. The van der Waals surface area contributed by atoms with Crippen molar-refractivity contribution in [2.75, 3.05) is 13.7 Å². The molecule has 0 aliphatic heterocycles. The van der Waals surface area contributed by atoms with Crippen LogP contribution in [-0.2, 0) is 9.53 Å². The van der Waals surface area contributed by atoms with Crippen LogP contribution in [0.3, 0.4) is 0 Å². The first kappa shape index (κ1) is 12.4. The summed E-state index contributed by atoms with van der Waals surface area (Å²) in [6.07, 6.45) is 4.88. The van der Waals surface area contributed by atoms with Gasteiger partial charge in [-0.2, -0.15) is 0 Å². The summed E-state index contributed by atoms with van der Waals surface area (Å²) < 4.78 is 4.59. The van der Waals surface area contributed by atoms with Crippen LogP contribution in [-0.4, -0.2) is 25.7 Å². The standard InChI is InChI=1S/C10H21NO2/c1-4-5-6-7-8-11-9(2)10(12)13-3/h9,11H,4-8H2,1-3H3/t9-/m1/s1. The maximum atomic E-state index is 10.9. The van der Waals surface area contributed by atoms with Gasteiger partial charge in [0, 0.05) is 0 Å². The van der Waals surface area contributed by atoms with Crippen LogP contribution in [0, 0.1) is 0 Å². The van der Waals surface area contributed by atoms with E-state index in [1.165, 1.54) is 26.4 Å². The molecule has 0 aromatic rings. The van der Waals surface area contributed by atoms with Gasteiger partial charge in [0.15, 0.2) is 0 Å². The average molecular weight is 187 g/mol. The third-order valence-corrected chi connectivity index (χ3v) is 2.04. The summed E-state index contributed by atoms with van der Waals surface area (Å²) in [5.41, 5.74) is 0. The Bertz CT molecular complexity index is 137. The highest BCUT2D eigenvalue weighted by Gasteiger charge is 2.10. The monoisotopic (exact) mass is 187 g/mol. The molecule has 0 spiro atoms. The Hall–Kier alpha value is -0.570. The number of rotatable bonds is 7. The lowest BCUT2D eigenvalue weighted by Crippen LogP contribution is -2.35. The van der Waals surface area contributed by atoms with Crippen molar-refractivity contribution in [3.8, 4) is 0 Å². The first-order valence-corrected chi connectivity index (χ1v) is 5.03. The first-order chi connectivity index (χ1) is 6.22. The number of carbonyl (C=O) groups excluding carboxylic acids is 1. The van der Waals surface area contributed by atoms with E-state index in [-0.39, 0.29) is 12.0 Å². The van der Waals surface area contributed by atoms with Gasteiger partial charge in [0.25, 0.3) is 0 Å². The molecule has 78 valence electrons. The topological polar surface area (TPSA) is 38.3 Å². The van der Waals surface area contributed by atoms with E-state index in [1.807, 2.05) is 6.92 Å². The van der Waals surface area contributed by atoms with Gasteiger partial charge in [-0.05, 0) is 19.9 Å². The van der Waals surface area contributed by atoms with Crippen molar-refractivity contribution in [1.29, 1.82) is 0 Å². The van der Waals surface area contributed by atoms with Crippen molar-refractivity contribution < 1.29 is 9.53 Å². The Morgan fingerprint density at radius 3 is 2.62 bits per heavy atom. The van der Waals surface area contributed by atoms with Crippen LogP contribution in [0.1, 0.15) is 39.5 Å². The van der Waals surface area contributed by atoms with Gasteiger partial charge >= 0.3 is 5.97 Å². The van der Waals surface area contributed by atoms with Gasteiger partial charge in [-0.25, -0.2) is 0 Å². The van der Waals surface area contributed by atoms with Crippen LogP contribution in [0.15, 0.2) is 0 Å². The van der Waals surface area contributed by atoms with E-state index >= 15 is 0 Å². The first-order valence-electron chi connectivity index (χ1n) is 5.03. The van der Waals surface area contributed by atoms with E-state index in [0.29, 0.717) is 0 Å². The number of hydrogen-bond acceptors (Lipinski definition) is 3. The molecule has 3 heteroatoms. The highest BCUT2D eigenvalue weighted by molar-refractivity contribution is 5.74. The number of methoxy groups -OCH3 is 1. The zero-order valence-corrected chi connectivity index (χ0v) is 8.93. The third kappa shape index (κ3) is 6.58. The Morgan fingerprint density at radius 2 is 2.08 bits per heavy atom. The average Bonchev–Trinajstić information content (AvgIpc) is 2.16. The fourth-order valence-electron chi connectivity index (χ4n) is 1.13. The van der Waals surface area contributed by atoms with Crippen molar-refractivity contribution in [3.63, 3.8) is 0 Å². The molecule has 0 radical (unpaired) electrons. The molecule has 0 bridgehead atoms. The molecule has 13 heavy (non-hydrogen) atoms. The predicted molar refractivity (Wildman–Crippen MR) is 53.6 cm³/mol.